The number of carbonyl (C=O) groups is 2. The molecule has 0 bridgehead atoms. The average molecular weight is 445 g/mol. The first kappa shape index (κ1) is 24.8. The summed E-state index contributed by atoms with van der Waals surface area (Å²) in [5.74, 6) is -0.638. The van der Waals surface area contributed by atoms with Gasteiger partial charge in [-0.3, -0.25) is 4.79 Å². The van der Waals surface area contributed by atoms with Gasteiger partial charge in [0.15, 0.2) is 0 Å². The molecule has 0 spiro atoms. The van der Waals surface area contributed by atoms with Gasteiger partial charge in [-0.1, -0.05) is 0 Å². The number of hydrogen-bond donors (Lipinski definition) is 1. The van der Waals surface area contributed by atoms with Crippen LogP contribution in [0.2, 0.25) is 0 Å². The quantitative estimate of drug-likeness (QED) is 0.618. The Balaban J connectivity index is 2.06. The standard InChI is InChI=1S/C21H30F3N3O4/c1-4-26(5-2)20(29)27-10-8-15(9-11-27)19(28)25-17-14-16(21(22,23)24)6-7-18(17)31-13-12-30-3/h6-7,14-15H,4-5,8-13H2,1-3H3,(H,25,28). The highest BCUT2D eigenvalue weighted by atomic mass is 19.4. The SMILES string of the molecule is CCN(CC)C(=O)N1CCC(C(=O)Nc2cc(C(F)(F)F)ccc2OCCOC)CC1. The van der Waals surface area contributed by atoms with Crippen LogP contribution in [0.25, 0.3) is 0 Å². The summed E-state index contributed by atoms with van der Waals surface area (Å²) < 4.78 is 49.7. The Hall–Kier alpha value is -2.49. The molecule has 1 aromatic carbocycles. The summed E-state index contributed by atoms with van der Waals surface area (Å²) in [4.78, 5) is 28.6. The van der Waals surface area contributed by atoms with Crippen molar-refractivity contribution in [2.75, 3.05) is 51.8 Å². The Labute approximate surface area is 180 Å². The number of methoxy groups -OCH3 is 1. The van der Waals surface area contributed by atoms with Gasteiger partial charge >= 0.3 is 12.2 Å². The van der Waals surface area contributed by atoms with Crippen molar-refractivity contribution in [3.05, 3.63) is 23.8 Å². The van der Waals surface area contributed by atoms with Crippen molar-refractivity contribution in [2.24, 2.45) is 5.92 Å². The molecule has 0 aromatic heterocycles. The molecule has 1 heterocycles. The van der Waals surface area contributed by atoms with Gasteiger partial charge in [-0.05, 0) is 44.9 Å². The van der Waals surface area contributed by atoms with E-state index in [-0.39, 0.29) is 36.6 Å². The molecule has 0 radical (unpaired) electrons. The molecule has 0 aliphatic carbocycles. The molecule has 1 aliphatic rings. The number of carbonyl (C=O) groups excluding carboxylic acids is 2. The largest absolute Gasteiger partial charge is 0.489 e. The van der Waals surface area contributed by atoms with Gasteiger partial charge in [0.2, 0.25) is 5.91 Å². The van der Waals surface area contributed by atoms with Crippen molar-refractivity contribution >= 4 is 17.6 Å². The maximum Gasteiger partial charge on any atom is 0.416 e. The fourth-order valence-corrected chi connectivity index (χ4v) is 3.43. The van der Waals surface area contributed by atoms with Gasteiger partial charge in [0.1, 0.15) is 12.4 Å². The zero-order valence-electron chi connectivity index (χ0n) is 18.1. The number of amides is 3. The number of alkyl halides is 3. The first-order chi connectivity index (χ1) is 14.7. The van der Waals surface area contributed by atoms with Crippen molar-refractivity contribution in [1.29, 1.82) is 0 Å². The van der Waals surface area contributed by atoms with Crippen LogP contribution in [-0.2, 0) is 15.7 Å². The molecule has 10 heteroatoms. The molecule has 1 N–H and O–H groups in total. The van der Waals surface area contributed by atoms with Gasteiger partial charge in [-0.2, -0.15) is 13.2 Å². The van der Waals surface area contributed by atoms with E-state index in [1.54, 1.807) is 9.80 Å². The summed E-state index contributed by atoms with van der Waals surface area (Å²) in [6.45, 7) is 6.27. The van der Waals surface area contributed by atoms with E-state index >= 15 is 0 Å². The summed E-state index contributed by atoms with van der Waals surface area (Å²) in [5.41, 5.74) is -0.904. The summed E-state index contributed by atoms with van der Waals surface area (Å²) in [6.07, 6.45) is -3.66. The van der Waals surface area contributed by atoms with Crippen LogP contribution < -0.4 is 10.1 Å². The van der Waals surface area contributed by atoms with E-state index in [9.17, 15) is 22.8 Å². The zero-order chi connectivity index (χ0) is 23.0. The summed E-state index contributed by atoms with van der Waals surface area (Å²) >= 11 is 0. The van der Waals surface area contributed by atoms with Gasteiger partial charge < -0.3 is 24.6 Å². The van der Waals surface area contributed by atoms with Gasteiger partial charge in [0.25, 0.3) is 0 Å². The minimum atomic E-state index is -4.54. The fourth-order valence-electron chi connectivity index (χ4n) is 3.43. The van der Waals surface area contributed by atoms with E-state index in [0.717, 1.165) is 12.1 Å². The molecule has 31 heavy (non-hydrogen) atoms. The highest BCUT2D eigenvalue weighted by molar-refractivity contribution is 5.94. The van der Waals surface area contributed by atoms with Gasteiger partial charge in [-0.15, -0.1) is 0 Å². The number of hydrogen-bond acceptors (Lipinski definition) is 4. The Morgan fingerprint density at radius 3 is 2.35 bits per heavy atom. The lowest BCUT2D eigenvalue weighted by Crippen LogP contribution is -2.47. The maximum absolute atomic E-state index is 13.1. The molecular weight excluding hydrogens is 415 g/mol. The predicted molar refractivity (Wildman–Crippen MR) is 110 cm³/mol. The monoisotopic (exact) mass is 445 g/mol. The number of likely N-dealkylation sites (tertiary alicyclic amines) is 1. The zero-order valence-corrected chi connectivity index (χ0v) is 18.1. The number of benzene rings is 1. The summed E-state index contributed by atoms with van der Waals surface area (Å²) in [6, 6.07) is 2.92. The second-order valence-corrected chi connectivity index (χ2v) is 7.26. The van der Waals surface area contributed by atoms with Crippen molar-refractivity contribution in [1.82, 2.24) is 9.80 Å². The van der Waals surface area contributed by atoms with Gasteiger partial charge in [-0.25, -0.2) is 4.79 Å². The molecule has 0 atom stereocenters. The van der Waals surface area contributed by atoms with E-state index < -0.39 is 17.7 Å². The molecule has 1 saturated heterocycles. The van der Waals surface area contributed by atoms with Crippen LogP contribution in [-0.4, -0.2) is 68.2 Å². The van der Waals surface area contributed by atoms with Crippen LogP contribution in [0.15, 0.2) is 18.2 Å². The first-order valence-corrected chi connectivity index (χ1v) is 10.4. The highest BCUT2D eigenvalue weighted by Gasteiger charge is 2.33. The smallest absolute Gasteiger partial charge is 0.416 e. The predicted octanol–water partition coefficient (Wildman–Crippen LogP) is 3.84. The number of nitrogens with zero attached hydrogens (tertiary/aromatic N) is 2. The second kappa shape index (κ2) is 11.2. The number of piperidine rings is 1. The van der Waals surface area contributed by atoms with Crippen LogP contribution in [0.4, 0.5) is 23.7 Å². The lowest BCUT2D eigenvalue weighted by atomic mass is 9.96. The van der Waals surface area contributed by atoms with E-state index in [4.69, 9.17) is 9.47 Å². The third-order valence-electron chi connectivity index (χ3n) is 5.28. The van der Waals surface area contributed by atoms with Crippen molar-refractivity contribution in [3.8, 4) is 5.75 Å². The fraction of sp³-hybridized carbons (Fsp3) is 0.619. The van der Waals surface area contributed by atoms with Crippen molar-refractivity contribution < 1.29 is 32.2 Å². The van der Waals surface area contributed by atoms with Gasteiger partial charge in [0.05, 0.1) is 17.9 Å². The normalized spacial score (nSPS) is 15.0. The van der Waals surface area contributed by atoms with Crippen LogP contribution in [0.5, 0.6) is 5.75 Å². The van der Waals surface area contributed by atoms with Crippen LogP contribution >= 0.6 is 0 Å². The number of halogens is 3. The number of ether oxygens (including phenoxy) is 2. The topological polar surface area (TPSA) is 71.1 Å². The van der Waals surface area contributed by atoms with E-state index in [0.29, 0.717) is 39.0 Å². The Bertz CT molecular complexity index is 746. The Morgan fingerprint density at radius 2 is 1.81 bits per heavy atom. The van der Waals surface area contributed by atoms with Gasteiger partial charge in [0, 0.05) is 39.2 Å². The third-order valence-corrected chi connectivity index (χ3v) is 5.28. The van der Waals surface area contributed by atoms with E-state index in [2.05, 4.69) is 5.32 Å². The van der Waals surface area contributed by atoms with Crippen LogP contribution in [0.1, 0.15) is 32.3 Å². The number of rotatable bonds is 8. The van der Waals surface area contributed by atoms with E-state index in [1.807, 2.05) is 13.8 Å². The number of anilines is 1. The summed E-state index contributed by atoms with van der Waals surface area (Å²) in [7, 11) is 1.48. The van der Waals surface area contributed by atoms with E-state index in [1.165, 1.54) is 13.2 Å². The minimum Gasteiger partial charge on any atom is -0.489 e. The Kier molecular flexibility index (Phi) is 8.97. The Morgan fingerprint density at radius 1 is 1.16 bits per heavy atom. The highest BCUT2D eigenvalue weighted by Crippen LogP contribution is 2.35. The minimum absolute atomic E-state index is 0.0300. The molecule has 2 rings (SSSR count). The van der Waals surface area contributed by atoms with Crippen LogP contribution in [0, 0.1) is 5.92 Å². The lowest BCUT2D eigenvalue weighted by molar-refractivity contribution is -0.137. The molecule has 174 valence electrons. The summed E-state index contributed by atoms with van der Waals surface area (Å²) in [5, 5.41) is 2.59. The average Bonchev–Trinajstić information content (AvgIpc) is 2.75. The second-order valence-electron chi connectivity index (χ2n) is 7.26. The molecule has 3 amide bonds. The van der Waals surface area contributed by atoms with Crippen LogP contribution in [0.3, 0.4) is 0 Å². The molecule has 1 fully saturated rings. The molecule has 7 nitrogen and oxygen atoms in total. The third kappa shape index (κ3) is 6.75. The van der Waals surface area contributed by atoms with Crippen molar-refractivity contribution in [2.45, 2.75) is 32.9 Å². The molecule has 0 unspecified atom stereocenters. The first-order valence-electron chi connectivity index (χ1n) is 10.4. The molecular formula is C21H30F3N3O4. The van der Waals surface area contributed by atoms with Crippen molar-refractivity contribution in [3.63, 3.8) is 0 Å². The molecule has 1 aliphatic heterocycles. The number of nitrogens with one attached hydrogen (secondary N) is 1. The lowest BCUT2D eigenvalue weighted by Gasteiger charge is -2.34. The molecule has 1 aromatic rings. The maximum atomic E-state index is 13.1. The number of urea groups is 1. The molecule has 0 saturated carbocycles.